The summed E-state index contributed by atoms with van der Waals surface area (Å²) in [6.07, 6.45) is 2.83. The fourth-order valence-corrected chi connectivity index (χ4v) is 1.64. The van der Waals surface area contributed by atoms with Gasteiger partial charge >= 0.3 is 0 Å². The topological polar surface area (TPSA) is 56.5 Å². The van der Waals surface area contributed by atoms with E-state index in [0.717, 1.165) is 22.9 Å². The summed E-state index contributed by atoms with van der Waals surface area (Å²) in [7, 11) is 0. The Morgan fingerprint density at radius 3 is 2.82 bits per heavy atom. The second-order valence-electron chi connectivity index (χ2n) is 3.60. The molecule has 0 fully saturated rings. The van der Waals surface area contributed by atoms with Crippen LogP contribution in [-0.4, -0.2) is 25.0 Å². The van der Waals surface area contributed by atoms with Gasteiger partial charge in [-0.15, -0.1) is 5.10 Å². The van der Waals surface area contributed by atoms with Gasteiger partial charge in [0, 0.05) is 6.20 Å². The number of aromatic nitrogens is 5. The van der Waals surface area contributed by atoms with E-state index < -0.39 is 0 Å². The van der Waals surface area contributed by atoms with Gasteiger partial charge < -0.3 is 0 Å². The van der Waals surface area contributed by atoms with E-state index in [0.29, 0.717) is 5.82 Å². The van der Waals surface area contributed by atoms with Gasteiger partial charge in [0.15, 0.2) is 5.82 Å². The number of hydrogen-bond acceptors (Lipinski definition) is 4. The third-order valence-corrected chi connectivity index (χ3v) is 2.48. The van der Waals surface area contributed by atoms with E-state index >= 15 is 0 Å². The van der Waals surface area contributed by atoms with Crippen molar-refractivity contribution in [3.63, 3.8) is 0 Å². The van der Waals surface area contributed by atoms with E-state index in [2.05, 4.69) is 20.3 Å². The summed E-state index contributed by atoms with van der Waals surface area (Å²) in [4.78, 5) is 8.10. The van der Waals surface area contributed by atoms with Crippen LogP contribution in [0.1, 0.15) is 5.69 Å². The first-order chi connectivity index (χ1) is 8.25. The Morgan fingerprint density at radius 2 is 2.06 bits per heavy atom. The Hall–Kier alpha value is -2.37. The molecule has 0 aliphatic rings. The molecule has 0 atom stereocenters. The van der Waals surface area contributed by atoms with Crippen LogP contribution in [0, 0.1) is 12.7 Å². The Kier molecular flexibility index (Phi) is 2.07. The highest BCUT2D eigenvalue weighted by molar-refractivity contribution is 5.77. The lowest BCUT2D eigenvalue weighted by Gasteiger charge is -2.00. The maximum absolute atomic E-state index is 12.8. The van der Waals surface area contributed by atoms with Crippen LogP contribution in [0.25, 0.3) is 16.9 Å². The molecule has 17 heavy (non-hydrogen) atoms. The highest BCUT2D eigenvalue weighted by Gasteiger charge is 2.09. The van der Waals surface area contributed by atoms with Crippen molar-refractivity contribution in [1.29, 1.82) is 0 Å². The summed E-state index contributed by atoms with van der Waals surface area (Å²) in [5.74, 6) is 0.149. The first-order valence-corrected chi connectivity index (χ1v) is 5.04. The average molecular weight is 229 g/mol. The van der Waals surface area contributed by atoms with Gasteiger partial charge in [0.1, 0.15) is 11.3 Å². The van der Waals surface area contributed by atoms with Crippen LogP contribution < -0.4 is 0 Å². The molecule has 0 unspecified atom stereocenters. The van der Waals surface area contributed by atoms with Gasteiger partial charge in [-0.3, -0.25) is 4.98 Å². The number of aryl methyl sites for hydroxylation is 1. The zero-order valence-electron chi connectivity index (χ0n) is 9.00. The number of hydrogen-bond donors (Lipinski definition) is 0. The van der Waals surface area contributed by atoms with Crippen molar-refractivity contribution in [3.05, 3.63) is 42.1 Å². The van der Waals surface area contributed by atoms with Gasteiger partial charge in [-0.25, -0.2) is 9.37 Å². The standard InChI is InChI=1S/C11H8FN5/c1-7-11-9(4-5-13-7)17(16-15-11)10-3-2-8(12)6-14-10/h2-6H,1H3. The highest BCUT2D eigenvalue weighted by atomic mass is 19.1. The van der Waals surface area contributed by atoms with Crippen LogP contribution in [-0.2, 0) is 0 Å². The van der Waals surface area contributed by atoms with Crippen molar-refractivity contribution in [2.24, 2.45) is 0 Å². The number of fused-ring (bicyclic) bond motifs is 1. The SMILES string of the molecule is Cc1nccc2c1nnn2-c1ccc(F)cn1. The molecule has 0 radical (unpaired) electrons. The van der Waals surface area contributed by atoms with E-state index in [9.17, 15) is 4.39 Å². The summed E-state index contributed by atoms with van der Waals surface area (Å²) >= 11 is 0. The maximum Gasteiger partial charge on any atom is 0.155 e. The zero-order valence-corrected chi connectivity index (χ0v) is 9.00. The molecule has 0 aliphatic heterocycles. The van der Waals surface area contributed by atoms with Crippen molar-refractivity contribution in [2.45, 2.75) is 6.92 Å². The molecule has 0 saturated carbocycles. The van der Waals surface area contributed by atoms with Crippen LogP contribution in [0.15, 0.2) is 30.6 Å². The van der Waals surface area contributed by atoms with Crippen molar-refractivity contribution >= 4 is 11.0 Å². The predicted molar refractivity (Wildman–Crippen MR) is 59.2 cm³/mol. The largest absolute Gasteiger partial charge is 0.259 e. The third kappa shape index (κ3) is 1.54. The van der Waals surface area contributed by atoms with Crippen molar-refractivity contribution in [3.8, 4) is 5.82 Å². The molecule has 0 aliphatic carbocycles. The van der Waals surface area contributed by atoms with Gasteiger partial charge in [-0.1, -0.05) is 5.21 Å². The number of halogens is 1. The van der Waals surface area contributed by atoms with Crippen molar-refractivity contribution < 1.29 is 4.39 Å². The summed E-state index contributed by atoms with van der Waals surface area (Å²) in [5, 5.41) is 8.03. The minimum Gasteiger partial charge on any atom is -0.259 e. The summed E-state index contributed by atoms with van der Waals surface area (Å²) < 4.78 is 14.3. The van der Waals surface area contributed by atoms with E-state index in [4.69, 9.17) is 0 Å². The van der Waals surface area contributed by atoms with Gasteiger partial charge in [0.05, 0.1) is 17.4 Å². The van der Waals surface area contributed by atoms with Crippen LogP contribution in [0.5, 0.6) is 0 Å². The van der Waals surface area contributed by atoms with Gasteiger partial charge in [0.2, 0.25) is 0 Å². The Morgan fingerprint density at radius 1 is 1.18 bits per heavy atom. The lowest BCUT2D eigenvalue weighted by Crippen LogP contribution is -1.99. The molecule has 5 nitrogen and oxygen atoms in total. The molecule has 84 valence electrons. The average Bonchev–Trinajstić information content (AvgIpc) is 2.75. The highest BCUT2D eigenvalue weighted by Crippen LogP contribution is 2.16. The van der Waals surface area contributed by atoms with E-state index in [1.165, 1.54) is 6.07 Å². The molecule has 0 saturated heterocycles. The van der Waals surface area contributed by atoms with Crippen LogP contribution in [0.2, 0.25) is 0 Å². The Labute approximate surface area is 95.9 Å². The smallest absolute Gasteiger partial charge is 0.155 e. The number of nitrogens with zero attached hydrogens (tertiary/aromatic N) is 5. The number of pyridine rings is 2. The summed E-state index contributed by atoms with van der Waals surface area (Å²) in [5.41, 5.74) is 2.33. The minimum absolute atomic E-state index is 0.379. The third-order valence-electron chi connectivity index (χ3n) is 2.48. The molecule has 0 amide bonds. The quantitative estimate of drug-likeness (QED) is 0.636. The molecule has 3 heterocycles. The predicted octanol–water partition coefficient (Wildman–Crippen LogP) is 1.66. The van der Waals surface area contributed by atoms with E-state index in [1.807, 2.05) is 6.92 Å². The van der Waals surface area contributed by atoms with Crippen molar-refractivity contribution in [1.82, 2.24) is 25.0 Å². The fourth-order valence-electron chi connectivity index (χ4n) is 1.64. The molecule has 0 bridgehead atoms. The molecule has 3 rings (SSSR count). The lowest BCUT2D eigenvalue weighted by atomic mass is 10.3. The second kappa shape index (κ2) is 3.58. The maximum atomic E-state index is 12.8. The van der Waals surface area contributed by atoms with E-state index in [1.54, 1.807) is 23.0 Å². The minimum atomic E-state index is -0.379. The molecule has 3 aromatic heterocycles. The molecule has 3 aromatic rings. The zero-order chi connectivity index (χ0) is 11.8. The number of rotatable bonds is 1. The van der Waals surface area contributed by atoms with Gasteiger partial charge in [-0.05, 0) is 25.1 Å². The molecule has 0 N–H and O–H groups in total. The fraction of sp³-hybridized carbons (Fsp3) is 0.0909. The second-order valence-corrected chi connectivity index (χ2v) is 3.60. The molecular weight excluding hydrogens is 221 g/mol. The van der Waals surface area contributed by atoms with Crippen molar-refractivity contribution in [2.75, 3.05) is 0 Å². The normalized spacial score (nSPS) is 10.9. The molecule has 6 heteroatoms. The Balaban J connectivity index is 2.24. The first kappa shape index (κ1) is 9.83. The molecule has 0 aromatic carbocycles. The molecular formula is C11H8FN5. The van der Waals surface area contributed by atoms with Crippen LogP contribution in [0.4, 0.5) is 4.39 Å². The molecule has 0 spiro atoms. The van der Waals surface area contributed by atoms with Crippen LogP contribution in [0.3, 0.4) is 0 Å². The Bertz CT molecular complexity index is 674. The summed E-state index contributed by atoms with van der Waals surface area (Å²) in [6.45, 7) is 1.86. The van der Waals surface area contributed by atoms with Gasteiger partial charge in [0.25, 0.3) is 0 Å². The van der Waals surface area contributed by atoms with Crippen LogP contribution >= 0.6 is 0 Å². The van der Waals surface area contributed by atoms with E-state index in [-0.39, 0.29) is 5.82 Å². The lowest BCUT2D eigenvalue weighted by molar-refractivity contribution is 0.619. The monoisotopic (exact) mass is 229 g/mol. The van der Waals surface area contributed by atoms with Gasteiger partial charge in [-0.2, -0.15) is 4.68 Å². The first-order valence-electron chi connectivity index (χ1n) is 5.04. The summed E-state index contributed by atoms with van der Waals surface area (Å²) in [6, 6.07) is 4.69.